The van der Waals surface area contributed by atoms with Crippen LogP contribution in [-0.2, 0) is 9.47 Å². The van der Waals surface area contributed by atoms with Gasteiger partial charge in [0.2, 0.25) is 0 Å². The average Bonchev–Trinajstić information content (AvgIpc) is 3.08. The van der Waals surface area contributed by atoms with Gasteiger partial charge in [0.25, 0.3) is 0 Å². The molecule has 8 heteroatoms. The maximum absolute atomic E-state index is 12.6. The molecule has 0 aliphatic carbocycles. The minimum atomic E-state index is -0.614. The molecule has 0 N–H and O–H groups in total. The molecule has 0 saturated carbocycles. The highest BCUT2D eigenvalue weighted by molar-refractivity contribution is 5.95. The van der Waals surface area contributed by atoms with Crippen molar-refractivity contribution < 1.29 is 38.1 Å². The molecule has 0 radical (unpaired) electrons. The van der Waals surface area contributed by atoms with E-state index in [1.54, 1.807) is 24.3 Å². The quantitative estimate of drug-likeness (QED) is 0.0691. The lowest BCUT2D eigenvalue weighted by molar-refractivity contribution is 0.0488. The Morgan fingerprint density at radius 2 is 0.674 bits per heavy atom. The van der Waals surface area contributed by atoms with Gasteiger partial charge in [0.05, 0.1) is 35.5 Å². The molecule has 0 amide bonds. The van der Waals surface area contributed by atoms with Gasteiger partial charge in [-0.3, -0.25) is 0 Å². The summed E-state index contributed by atoms with van der Waals surface area (Å²) in [4.78, 5) is 49.8. The SMILES string of the molecule is CCCCCCCCOC(=O)c1ccc(OC(=O)c2ccc(C(=O)Oc3ccc(C(=O)OCCCCCCCC)cc3)cc2)cc1. The van der Waals surface area contributed by atoms with Gasteiger partial charge in [-0.2, -0.15) is 0 Å². The van der Waals surface area contributed by atoms with Gasteiger partial charge in [-0.1, -0.05) is 78.1 Å². The van der Waals surface area contributed by atoms with E-state index in [0.29, 0.717) is 24.3 Å². The maximum Gasteiger partial charge on any atom is 0.343 e. The first-order valence-electron chi connectivity index (χ1n) is 16.5. The van der Waals surface area contributed by atoms with E-state index in [9.17, 15) is 19.2 Å². The van der Waals surface area contributed by atoms with E-state index in [4.69, 9.17) is 18.9 Å². The van der Waals surface area contributed by atoms with Crippen molar-refractivity contribution >= 4 is 23.9 Å². The van der Waals surface area contributed by atoms with Crippen LogP contribution in [0, 0.1) is 0 Å². The Bertz CT molecular complexity index is 1250. The van der Waals surface area contributed by atoms with E-state index in [0.717, 1.165) is 38.5 Å². The van der Waals surface area contributed by atoms with Crippen molar-refractivity contribution in [2.75, 3.05) is 13.2 Å². The van der Waals surface area contributed by atoms with E-state index in [1.165, 1.54) is 87.1 Å². The van der Waals surface area contributed by atoms with Crippen molar-refractivity contribution in [3.05, 3.63) is 95.1 Å². The van der Waals surface area contributed by atoms with Crippen LogP contribution in [0.15, 0.2) is 72.8 Å². The molecule has 0 fully saturated rings. The first-order valence-corrected chi connectivity index (χ1v) is 16.5. The summed E-state index contributed by atoms with van der Waals surface area (Å²) in [5.74, 6) is -1.50. The minimum absolute atomic E-state index is 0.239. The Kier molecular flexibility index (Phi) is 16.1. The monoisotopic (exact) mass is 630 g/mol. The zero-order valence-corrected chi connectivity index (χ0v) is 27.1. The van der Waals surface area contributed by atoms with Crippen LogP contribution < -0.4 is 9.47 Å². The molecule has 46 heavy (non-hydrogen) atoms. The zero-order valence-electron chi connectivity index (χ0n) is 27.1. The molecule has 0 bridgehead atoms. The third kappa shape index (κ3) is 12.9. The van der Waals surface area contributed by atoms with Crippen LogP contribution >= 0.6 is 0 Å². The van der Waals surface area contributed by atoms with E-state index in [1.807, 2.05) is 0 Å². The standard InChI is InChI=1S/C38H46O8/c1-3-5-7-9-11-13-27-43-35(39)29-19-23-33(24-20-29)45-37(41)31-15-17-32(18-16-31)38(42)46-34-25-21-30(22-26-34)36(40)44-28-14-12-10-8-6-4-2/h15-26H,3-14,27-28H2,1-2H3. The molecule has 0 atom stereocenters. The number of hydrogen-bond donors (Lipinski definition) is 0. The summed E-state index contributed by atoms with van der Waals surface area (Å²) < 4.78 is 21.5. The Morgan fingerprint density at radius 1 is 0.391 bits per heavy atom. The summed E-state index contributed by atoms with van der Waals surface area (Å²) in [6.07, 6.45) is 13.3. The second kappa shape index (κ2) is 20.5. The Hall–Kier alpha value is -4.46. The largest absolute Gasteiger partial charge is 0.462 e. The number of unbranched alkanes of at least 4 members (excludes halogenated alkanes) is 10. The van der Waals surface area contributed by atoms with Crippen LogP contribution in [0.3, 0.4) is 0 Å². The van der Waals surface area contributed by atoms with Crippen molar-refractivity contribution in [2.24, 2.45) is 0 Å². The summed E-state index contributed by atoms with van der Waals surface area (Å²) in [6.45, 7) is 5.11. The molecule has 0 aliphatic heterocycles. The molecule has 0 aromatic heterocycles. The van der Waals surface area contributed by atoms with Crippen LogP contribution in [0.1, 0.15) is 132 Å². The summed E-state index contributed by atoms with van der Waals surface area (Å²) in [7, 11) is 0. The lowest BCUT2D eigenvalue weighted by Gasteiger charge is -2.08. The lowest BCUT2D eigenvalue weighted by atomic mass is 10.1. The van der Waals surface area contributed by atoms with Crippen LogP contribution in [0.4, 0.5) is 0 Å². The van der Waals surface area contributed by atoms with Gasteiger partial charge >= 0.3 is 23.9 Å². The molecule has 0 heterocycles. The second-order valence-electron chi connectivity index (χ2n) is 11.2. The van der Waals surface area contributed by atoms with Crippen LogP contribution in [-0.4, -0.2) is 37.1 Å². The van der Waals surface area contributed by atoms with Crippen molar-refractivity contribution in [1.29, 1.82) is 0 Å². The normalized spacial score (nSPS) is 10.7. The van der Waals surface area contributed by atoms with Gasteiger partial charge in [-0.05, 0) is 85.6 Å². The van der Waals surface area contributed by atoms with Crippen molar-refractivity contribution in [1.82, 2.24) is 0 Å². The van der Waals surface area contributed by atoms with Gasteiger partial charge in [0.1, 0.15) is 11.5 Å². The highest BCUT2D eigenvalue weighted by Gasteiger charge is 2.14. The third-order valence-corrected chi connectivity index (χ3v) is 7.42. The lowest BCUT2D eigenvalue weighted by Crippen LogP contribution is -2.12. The van der Waals surface area contributed by atoms with Gasteiger partial charge in [0, 0.05) is 0 Å². The molecular weight excluding hydrogens is 584 g/mol. The molecule has 246 valence electrons. The minimum Gasteiger partial charge on any atom is -0.462 e. The fourth-order valence-electron chi connectivity index (χ4n) is 4.65. The van der Waals surface area contributed by atoms with Crippen LogP contribution in [0.5, 0.6) is 11.5 Å². The number of carbonyl (C=O) groups is 4. The first-order chi connectivity index (χ1) is 22.4. The molecule has 3 aromatic carbocycles. The van der Waals surface area contributed by atoms with Crippen LogP contribution in [0.2, 0.25) is 0 Å². The number of esters is 4. The highest BCUT2D eigenvalue weighted by Crippen LogP contribution is 2.18. The fraction of sp³-hybridized carbons (Fsp3) is 0.421. The second-order valence-corrected chi connectivity index (χ2v) is 11.2. The third-order valence-electron chi connectivity index (χ3n) is 7.42. The fourth-order valence-corrected chi connectivity index (χ4v) is 4.65. The number of hydrogen-bond acceptors (Lipinski definition) is 8. The molecule has 0 unspecified atom stereocenters. The van der Waals surface area contributed by atoms with E-state index in [2.05, 4.69) is 13.8 Å². The Morgan fingerprint density at radius 3 is 1.02 bits per heavy atom. The van der Waals surface area contributed by atoms with Crippen molar-refractivity contribution in [2.45, 2.75) is 90.9 Å². The smallest absolute Gasteiger partial charge is 0.343 e. The van der Waals surface area contributed by atoms with Gasteiger partial charge < -0.3 is 18.9 Å². The zero-order chi connectivity index (χ0) is 33.0. The van der Waals surface area contributed by atoms with E-state index < -0.39 is 23.9 Å². The van der Waals surface area contributed by atoms with E-state index >= 15 is 0 Å². The number of benzene rings is 3. The van der Waals surface area contributed by atoms with Gasteiger partial charge in [-0.15, -0.1) is 0 Å². The molecule has 0 spiro atoms. The summed E-state index contributed by atoms with van der Waals surface area (Å²) >= 11 is 0. The predicted molar refractivity (Wildman–Crippen MR) is 177 cm³/mol. The summed E-state index contributed by atoms with van der Waals surface area (Å²) in [5, 5.41) is 0. The van der Waals surface area contributed by atoms with Crippen molar-refractivity contribution in [3.63, 3.8) is 0 Å². The molecule has 8 nitrogen and oxygen atoms in total. The molecule has 3 aromatic rings. The average molecular weight is 631 g/mol. The highest BCUT2D eigenvalue weighted by atomic mass is 16.5. The molecule has 0 saturated heterocycles. The number of carbonyl (C=O) groups excluding carboxylic acids is 4. The Balaban J connectivity index is 1.40. The maximum atomic E-state index is 12.6. The van der Waals surface area contributed by atoms with Crippen LogP contribution in [0.25, 0.3) is 0 Å². The Labute approximate surface area is 272 Å². The summed E-state index contributed by atoms with van der Waals surface area (Å²) in [6, 6.07) is 18.2. The first kappa shape index (κ1) is 36.0. The summed E-state index contributed by atoms with van der Waals surface area (Å²) in [5.41, 5.74) is 1.24. The topological polar surface area (TPSA) is 105 Å². The predicted octanol–water partition coefficient (Wildman–Crippen LogP) is 9.16. The van der Waals surface area contributed by atoms with Gasteiger partial charge in [0.15, 0.2) is 0 Å². The number of ether oxygens (including phenoxy) is 4. The van der Waals surface area contributed by atoms with E-state index in [-0.39, 0.29) is 22.6 Å². The molecule has 0 aliphatic rings. The number of rotatable bonds is 20. The van der Waals surface area contributed by atoms with Crippen molar-refractivity contribution in [3.8, 4) is 11.5 Å². The molecular formula is C38H46O8. The molecule has 3 rings (SSSR count). The van der Waals surface area contributed by atoms with Gasteiger partial charge in [-0.25, -0.2) is 19.2 Å².